The van der Waals surface area contributed by atoms with Gasteiger partial charge in [0.2, 0.25) is 5.91 Å². The van der Waals surface area contributed by atoms with Gasteiger partial charge in [-0.1, -0.05) is 47.6 Å². The number of anilines is 1. The fraction of sp³-hybridized carbons (Fsp3) is 0.588. The summed E-state index contributed by atoms with van der Waals surface area (Å²) in [6.07, 6.45) is 0. The number of carbonyl (C=O) groups excluding carboxylic acids is 1. The smallest absolute Gasteiger partial charge is 0.229 e. The lowest BCUT2D eigenvalue weighted by Crippen LogP contribution is -2.27. The third-order valence-corrected chi connectivity index (χ3v) is 4.30. The van der Waals surface area contributed by atoms with E-state index in [4.69, 9.17) is 0 Å². The first kappa shape index (κ1) is 18.1. The zero-order valence-electron chi connectivity index (χ0n) is 13.9. The summed E-state index contributed by atoms with van der Waals surface area (Å²) in [5.74, 6) is 0.812. The van der Waals surface area contributed by atoms with Crippen LogP contribution >= 0.6 is 11.8 Å². The van der Waals surface area contributed by atoms with Gasteiger partial charge in [0.25, 0.3) is 0 Å². The first-order chi connectivity index (χ1) is 9.53. The molecule has 0 bridgehead atoms. The summed E-state index contributed by atoms with van der Waals surface area (Å²) in [6, 6.07) is 5.70. The summed E-state index contributed by atoms with van der Waals surface area (Å²) in [4.78, 5) is 12.1. The number of rotatable bonds is 4. The normalized spacial score (nSPS) is 12.3. The van der Waals surface area contributed by atoms with E-state index in [1.807, 2.05) is 50.7 Å². The molecule has 1 aromatic carbocycles. The van der Waals surface area contributed by atoms with Gasteiger partial charge < -0.3 is 10.4 Å². The molecule has 0 atom stereocenters. The third kappa shape index (κ3) is 6.10. The quantitative estimate of drug-likeness (QED) is 0.876. The van der Waals surface area contributed by atoms with Crippen molar-refractivity contribution in [2.24, 2.45) is 5.41 Å². The van der Waals surface area contributed by atoms with Gasteiger partial charge in [-0.25, -0.2) is 0 Å². The SMILES string of the molecule is CC(C)(C)SCc1cc(NC(=O)C(C)(C)C)ccc1CO. The van der Waals surface area contributed by atoms with Crippen LogP contribution in [-0.4, -0.2) is 15.8 Å². The largest absolute Gasteiger partial charge is 0.392 e. The summed E-state index contributed by atoms with van der Waals surface area (Å²) in [5.41, 5.74) is 2.36. The molecule has 0 aromatic heterocycles. The first-order valence-electron chi connectivity index (χ1n) is 7.21. The number of benzene rings is 1. The second-order valence-electron chi connectivity index (χ2n) is 7.25. The highest BCUT2D eigenvalue weighted by Crippen LogP contribution is 2.30. The topological polar surface area (TPSA) is 49.3 Å². The van der Waals surface area contributed by atoms with E-state index in [-0.39, 0.29) is 17.3 Å². The van der Waals surface area contributed by atoms with Crippen LogP contribution in [0.2, 0.25) is 0 Å². The number of hydrogen-bond donors (Lipinski definition) is 2. The van der Waals surface area contributed by atoms with Crippen LogP contribution in [-0.2, 0) is 17.2 Å². The predicted octanol–water partition coefficient (Wildman–Crippen LogP) is 4.20. The number of aliphatic hydroxyl groups excluding tert-OH is 1. The lowest BCUT2D eigenvalue weighted by molar-refractivity contribution is -0.123. The van der Waals surface area contributed by atoms with E-state index in [0.29, 0.717) is 0 Å². The Kier molecular flexibility index (Phi) is 5.88. The Labute approximate surface area is 132 Å². The van der Waals surface area contributed by atoms with Crippen LogP contribution in [0.1, 0.15) is 52.7 Å². The maximum absolute atomic E-state index is 12.1. The summed E-state index contributed by atoms with van der Waals surface area (Å²) in [5, 5.41) is 12.4. The second-order valence-corrected chi connectivity index (χ2v) is 9.05. The van der Waals surface area contributed by atoms with Gasteiger partial charge in [-0.2, -0.15) is 11.8 Å². The number of amides is 1. The van der Waals surface area contributed by atoms with Crippen LogP contribution < -0.4 is 5.32 Å². The number of thioether (sulfide) groups is 1. The fourth-order valence-electron chi connectivity index (χ4n) is 1.61. The summed E-state index contributed by atoms with van der Waals surface area (Å²) in [6.45, 7) is 12.2. The third-order valence-electron chi connectivity index (χ3n) is 2.98. The van der Waals surface area contributed by atoms with Crippen LogP contribution in [0.5, 0.6) is 0 Å². The van der Waals surface area contributed by atoms with Crippen molar-refractivity contribution in [2.75, 3.05) is 5.32 Å². The maximum atomic E-state index is 12.1. The first-order valence-corrected chi connectivity index (χ1v) is 8.19. The Morgan fingerprint density at radius 1 is 1.14 bits per heavy atom. The lowest BCUT2D eigenvalue weighted by Gasteiger charge is -2.20. The molecule has 1 amide bonds. The summed E-state index contributed by atoms with van der Waals surface area (Å²) < 4.78 is 0.164. The molecule has 3 nitrogen and oxygen atoms in total. The number of aliphatic hydroxyl groups is 1. The molecule has 2 N–H and O–H groups in total. The van der Waals surface area contributed by atoms with Crippen LogP contribution in [0, 0.1) is 5.41 Å². The van der Waals surface area contributed by atoms with Gasteiger partial charge in [0.15, 0.2) is 0 Å². The molecule has 0 radical (unpaired) electrons. The van der Waals surface area contributed by atoms with Crippen molar-refractivity contribution in [1.82, 2.24) is 0 Å². The van der Waals surface area contributed by atoms with Crippen LogP contribution in [0.3, 0.4) is 0 Å². The molecule has 21 heavy (non-hydrogen) atoms. The molecule has 0 aliphatic carbocycles. The van der Waals surface area contributed by atoms with E-state index in [0.717, 1.165) is 22.6 Å². The molecule has 0 unspecified atom stereocenters. The van der Waals surface area contributed by atoms with Crippen molar-refractivity contribution in [3.8, 4) is 0 Å². The zero-order chi connectivity index (χ0) is 16.3. The Bertz CT molecular complexity index is 498. The highest BCUT2D eigenvalue weighted by molar-refractivity contribution is 7.99. The highest BCUT2D eigenvalue weighted by Gasteiger charge is 2.21. The van der Waals surface area contributed by atoms with E-state index in [9.17, 15) is 9.90 Å². The molecule has 4 heteroatoms. The van der Waals surface area contributed by atoms with E-state index < -0.39 is 5.41 Å². The Hall–Kier alpha value is -1.00. The van der Waals surface area contributed by atoms with Gasteiger partial charge in [0.05, 0.1) is 6.61 Å². The van der Waals surface area contributed by atoms with E-state index >= 15 is 0 Å². The lowest BCUT2D eigenvalue weighted by atomic mass is 9.95. The van der Waals surface area contributed by atoms with Crippen molar-refractivity contribution in [1.29, 1.82) is 0 Å². The van der Waals surface area contributed by atoms with E-state index in [2.05, 4.69) is 26.1 Å². The van der Waals surface area contributed by atoms with Gasteiger partial charge in [-0.05, 0) is 23.3 Å². The van der Waals surface area contributed by atoms with Gasteiger partial charge in [0, 0.05) is 21.6 Å². The predicted molar refractivity (Wildman–Crippen MR) is 91.5 cm³/mol. The second kappa shape index (κ2) is 6.84. The van der Waals surface area contributed by atoms with Crippen molar-refractivity contribution in [2.45, 2.75) is 58.6 Å². The maximum Gasteiger partial charge on any atom is 0.229 e. The van der Waals surface area contributed by atoms with E-state index in [1.54, 1.807) is 0 Å². The molecular weight excluding hydrogens is 282 g/mol. The molecule has 118 valence electrons. The van der Waals surface area contributed by atoms with Crippen molar-refractivity contribution < 1.29 is 9.90 Å². The van der Waals surface area contributed by atoms with Gasteiger partial charge >= 0.3 is 0 Å². The van der Waals surface area contributed by atoms with Gasteiger partial charge in [-0.15, -0.1) is 0 Å². The molecule has 0 saturated heterocycles. The monoisotopic (exact) mass is 309 g/mol. The average molecular weight is 309 g/mol. The standard InChI is InChI=1S/C17H27NO2S/c1-16(2,3)15(20)18-14-8-7-12(10-19)13(9-14)11-21-17(4,5)6/h7-9,19H,10-11H2,1-6H3,(H,18,20). The van der Waals surface area contributed by atoms with Crippen LogP contribution in [0.4, 0.5) is 5.69 Å². The number of hydrogen-bond acceptors (Lipinski definition) is 3. The molecule has 0 spiro atoms. The number of nitrogens with one attached hydrogen (secondary N) is 1. The average Bonchev–Trinajstić information content (AvgIpc) is 2.34. The fourth-order valence-corrected chi connectivity index (χ4v) is 2.46. The van der Waals surface area contributed by atoms with Gasteiger partial charge in [0.1, 0.15) is 0 Å². The Balaban J connectivity index is 2.92. The summed E-state index contributed by atoms with van der Waals surface area (Å²) >= 11 is 1.83. The molecule has 1 aromatic rings. The molecule has 0 fully saturated rings. The molecule has 0 saturated carbocycles. The zero-order valence-corrected chi connectivity index (χ0v) is 14.7. The van der Waals surface area contributed by atoms with Crippen LogP contribution in [0.25, 0.3) is 0 Å². The van der Waals surface area contributed by atoms with Crippen molar-refractivity contribution in [3.05, 3.63) is 29.3 Å². The minimum atomic E-state index is -0.421. The summed E-state index contributed by atoms with van der Waals surface area (Å²) in [7, 11) is 0. The molecular formula is C17H27NO2S. The minimum Gasteiger partial charge on any atom is -0.392 e. The molecule has 0 aliphatic rings. The van der Waals surface area contributed by atoms with Gasteiger partial charge in [-0.3, -0.25) is 4.79 Å². The highest BCUT2D eigenvalue weighted by atomic mass is 32.2. The molecule has 1 rings (SSSR count). The Morgan fingerprint density at radius 2 is 1.76 bits per heavy atom. The number of carbonyl (C=O) groups is 1. The van der Waals surface area contributed by atoms with Crippen molar-refractivity contribution in [3.63, 3.8) is 0 Å². The minimum absolute atomic E-state index is 0.00586. The van der Waals surface area contributed by atoms with Crippen LogP contribution in [0.15, 0.2) is 18.2 Å². The molecule has 0 heterocycles. The van der Waals surface area contributed by atoms with Crippen molar-refractivity contribution >= 4 is 23.4 Å². The molecule has 0 aliphatic heterocycles. The Morgan fingerprint density at radius 3 is 2.24 bits per heavy atom. The van der Waals surface area contributed by atoms with E-state index in [1.165, 1.54) is 0 Å².